The standard InChI is InChI=1S/C31H40N6O6/c1-33-29(39)23-5-3-7-25(21-23)35-14-18-37(19-15-35)31(41)43-27-10-8-26(9-11-27)42-30(40)36-16-12-34(13-17-36)24-6-2-4-22(20-24)28(32)38/h2-7,20-21,26-27H,8-19H2,1H3,(H2,32,38)(H,33,39). The molecule has 5 rings (SSSR count). The second kappa shape index (κ2) is 13.7. The van der Waals surface area contributed by atoms with Gasteiger partial charge in [-0.1, -0.05) is 12.1 Å². The molecular weight excluding hydrogens is 552 g/mol. The molecule has 0 atom stereocenters. The number of anilines is 2. The molecule has 3 N–H and O–H groups in total. The van der Waals surface area contributed by atoms with Crippen LogP contribution in [0.25, 0.3) is 0 Å². The van der Waals surface area contributed by atoms with Crippen molar-refractivity contribution in [3.63, 3.8) is 0 Å². The molecule has 2 saturated heterocycles. The Bertz CT molecular complexity index is 1310. The molecule has 12 nitrogen and oxygen atoms in total. The Labute approximate surface area is 251 Å². The number of piperazine rings is 2. The smallest absolute Gasteiger partial charge is 0.410 e. The van der Waals surface area contributed by atoms with Gasteiger partial charge in [0, 0.05) is 81.9 Å². The van der Waals surface area contributed by atoms with Crippen LogP contribution in [0.4, 0.5) is 21.0 Å². The summed E-state index contributed by atoms with van der Waals surface area (Å²) in [7, 11) is 1.61. The Balaban J connectivity index is 1.00. The van der Waals surface area contributed by atoms with Gasteiger partial charge in [-0.05, 0) is 62.1 Å². The molecular formula is C31H40N6O6. The van der Waals surface area contributed by atoms with Gasteiger partial charge in [-0.15, -0.1) is 0 Å². The molecule has 0 bridgehead atoms. The molecule has 0 spiro atoms. The van der Waals surface area contributed by atoms with Crippen molar-refractivity contribution >= 4 is 35.4 Å². The van der Waals surface area contributed by atoms with Crippen LogP contribution in [-0.4, -0.2) is 105 Å². The lowest BCUT2D eigenvalue weighted by Crippen LogP contribution is -2.50. The van der Waals surface area contributed by atoms with Crippen LogP contribution in [0.3, 0.4) is 0 Å². The Morgan fingerprint density at radius 1 is 0.674 bits per heavy atom. The summed E-state index contributed by atoms with van der Waals surface area (Å²) in [4.78, 5) is 56.9. The van der Waals surface area contributed by atoms with Crippen LogP contribution in [0, 0.1) is 0 Å². The monoisotopic (exact) mass is 592 g/mol. The van der Waals surface area contributed by atoms with Crippen molar-refractivity contribution in [3.8, 4) is 0 Å². The third-order valence-electron chi connectivity index (χ3n) is 8.43. The number of nitrogens with zero attached hydrogens (tertiary/aromatic N) is 4. The normalized spacial score (nSPS) is 20.8. The fourth-order valence-corrected chi connectivity index (χ4v) is 5.84. The number of carbonyl (C=O) groups is 4. The van der Waals surface area contributed by atoms with E-state index in [9.17, 15) is 19.2 Å². The topological polar surface area (TPSA) is 138 Å². The zero-order valence-corrected chi connectivity index (χ0v) is 24.6. The number of hydrogen-bond acceptors (Lipinski definition) is 8. The van der Waals surface area contributed by atoms with Crippen LogP contribution in [0.15, 0.2) is 48.5 Å². The molecule has 3 aliphatic rings. The minimum absolute atomic E-state index is 0.127. The van der Waals surface area contributed by atoms with Crippen molar-refractivity contribution < 1.29 is 28.7 Å². The predicted molar refractivity (Wildman–Crippen MR) is 161 cm³/mol. The number of nitrogens with two attached hydrogens (primary N) is 1. The summed E-state index contributed by atoms with van der Waals surface area (Å²) in [6.45, 7) is 4.72. The van der Waals surface area contributed by atoms with E-state index in [-0.39, 0.29) is 30.3 Å². The lowest BCUT2D eigenvalue weighted by molar-refractivity contribution is -0.000627. The van der Waals surface area contributed by atoms with E-state index >= 15 is 0 Å². The van der Waals surface area contributed by atoms with E-state index < -0.39 is 5.91 Å². The van der Waals surface area contributed by atoms with Gasteiger partial charge in [-0.25, -0.2) is 9.59 Å². The molecule has 0 aromatic heterocycles. The van der Waals surface area contributed by atoms with E-state index in [1.807, 2.05) is 24.3 Å². The summed E-state index contributed by atoms with van der Waals surface area (Å²) in [6.07, 6.45) is 1.60. The molecule has 0 unspecified atom stereocenters. The molecule has 2 aromatic rings. The number of ether oxygens (including phenoxy) is 2. The van der Waals surface area contributed by atoms with Crippen LogP contribution in [0.5, 0.6) is 0 Å². The lowest BCUT2D eigenvalue weighted by atomic mass is 9.95. The van der Waals surface area contributed by atoms with Crippen LogP contribution in [0.2, 0.25) is 0 Å². The van der Waals surface area contributed by atoms with Crippen LogP contribution >= 0.6 is 0 Å². The first-order valence-corrected chi connectivity index (χ1v) is 14.9. The Morgan fingerprint density at radius 3 is 1.51 bits per heavy atom. The second-order valence-electron chi connectivity index (χ2n) is 11.2. The average molecular weight is 593 g/mol. The minimum atomic E-state index is -0.463. The number of amides is 4. The SMILES string of the molecule is CNC(=O)c1cccc(N2CCN(C(=O)OC3CCC(OC(=O)N4CCN(c5cccc(C(N)=O)c5)CC4)CC3)CC2)c1. The van der Waals surface area contributed by atoms with Crippen molar-refractivity contribution in [2.24, 2.45) is 5.73 Å². The zero-order chi connectivity index (χ0) is 30.3. The van der Waals surface area contributed by atoms with Crippen molar-refractivity contribution in [2.45, 2.75) is 37.9 Å². The highest BCUT2D eigenvalue weighted by molar-refractivity contribution is 5.95. The summed E-state index contributed by atoms with van der Waals surface area (Å²) in [6, 6.07) is 14.7. The fraction of sp³-hybridized carbons (Fsp3) is 0.484. The van der Waals surface area contributed by atoms with Gasteiger partial charge in [-0.3, -0.25) is 9.59 Å². The number of rotatable bonds is 6. The third kappa shape index (κ3) is 7.49. The van der Waals surface area contributed by atoms with Gasteiger partial charge in [0.05, 0.1) is 0 Å². The number of primary amides is 1. The Hall–Kier alpha value is -4.48. The first-order chi connectivity index (χ1) is 20.8. The highest BCUT2D eigenvalue weighted by atomic mass is 16.6. The summed E-state index contributed by atoms with van der Waals surface area (Å²) >= 11 is 0. The quantitative estimate of drug-likeness (QED) is 0.522. The first kappa shape index (κ1) is 30.0. The highest BCUT2D eigenvalue weighted by Crippen LogP contribution is 2.26. The van der Waals surface area contributed by atoms with E-state index in [0.29, 0.717) is 89.2 Å². The van der Waals surface area contributed by atoms with Gasteiger partial charge in [0.2, 0.25) is 5.91 Å². The predicted octanol–water partition coefficient (Wildman–Crippen LogP) is 2.67. The van der Waals surface area contributed by atoms with Crippen LogP contribution in [0.1, 0.15) is 46.4 Å². The van der Waals surface area contributed by atoms with E-state index in [1.54, 1.807) is 41.1 Å². The summed E-state index contributed by atoms with van der Waals surface area (Å²) in [5, 5.41) is 2.64. The lowest BCUT2D eigenvalue weighted by Gasteiger charge is -2.38. The average Bonchev–Trinajstić information content (AvgIpc) is 3.05. The number of hydrogen-bond donors (Lipinski definition) is 2. The van der Waals surface area contributed by atoms with Crippen molar-refractivity contribution in [2.75, 3.05) is 69.2 Å². The van der Waals surface area contributed by atoms with E-state index in [1.165, 1.54) is 0 Å². The maximum absolute atomic E-state index is 12.9. The number of carbonyl (C=O) groups excluding carboxylic acids is 4. The van der Waals surface area contributed by atoms with Gasteiger partial charge in [0.15, 0.2) is 0 Å². The molecule has 2 heterocycles. The van der Waals surface area contributed by atoms with E-state index in [2.05, 4.69) is 15.1 Å². The second-order valence-corrected chi connectivity index (χ2v) is 11.2. The molecule has 230 valence electrons. The van der Waals surface area contributed by atoms with Gasteiger partial charge in [0.25, 0.3) is 5.91 Å². The van der Waals surface area contributed by atoms with Gasteiger partial charge in [-0.2, -0.15) is 0 Å². The van der Waals surface area contributed by atoms with Gasteiger partial charge >= 0.3 is 12.2 Å². The maximum atomic E-state index is 12.9. The van der Waals surface area contributed by atoms with Gasteiger partial charge in [0.1, 0.15) is 12.2 Å². The molecule has 3 fully saturated rings. The highest BCUT2D eigenvalue weighted by Gasteiger charge is 2.31. The molecule has 1 aliphatic carbocycles. The largest absolute Gasteiger partial charge is 0.446 e. The molecule has 2 aromatic carbocycles. The molecule has 2 aliphatic heterocycles. The Morgan fingerprint density at radius 2 is 1.09 bits per heavy atom. The van der Waals surface area contributed by atoms with E-state index in [0.717, 1.165) is 11.4 Å². The van der Waals surface area contributed by atoms with Gasteiger partial charge < -0.3 is 40.1 Å². The first-order valence-electron chi connectivity index (χ1n) is 14.9. The number of nitrogens with one attached hydrogen (secondary N) is 1. The molecule has 12 heteroatoms. The molecule has 1 saturated carbocycles. The summed E-state index contributed by atoms with van der Waals surface area (Å²) < 4.78 is 11.6. The van der Waals surface area contributed by atoms with Crippen molar-refractivity contribution in [1.82, 2.24) is 15.1 Å². The van der Waals surface area contributed by atoms with Crippen molar-refractivity contribution in [1.29, 1.82) is 0 Å². The van der Waals surface area contributed by atoms with E-state index in [4.69, 9.17) is 15.2 Å². The molecule has 4 amide bonds. The molecule has 43 heavy (non-hydrogen) atoms. The van der Waals surface area contributed by atoms with Crippen LogP contribution in [-0.2, 0) is 9.47 Å². The van der Waals surface area contributed by atoms with Crippen LogP contribution < -0.4 is 20.9 Å². The summed E-state index contributed by atoms with van der Waals surface area (Å²) in [5.41, 5.74) is 8.34. The summed E-state index contributed by atoms with van der Waals surface area (Å²) in [5.74, 6) is -0.590. The fourth-order valence-electron chi connectivity index (χ4n) is 5.84. The minimum Gasteiger partial charge on any atom is -0.446 e. The maximum Gasteiger partial charge on any atom is 0.410 e. The number of benzene rings is 2. The van der Waals surface area contributed by atoms with Crippen molar-refractivity contribution in [3.05, 3.63) is 59.7 Å². The molecule has 0 radical (unpaired) electrons. The Kier molecular flexibility index (Phi) is 9.53. The third-order valence-corrected chi connectivity index (χ3v) is 8.43. The zero-order valence-electron chi connectivity index (χ0n) is 24.6.